The van der Waals surface area contributed by atoms with Gasteiger partial charge in [-0.2, -0.15) is 0 Å². The van der Waals surface area contributed by atoms with Crippen LogP contribution in [-0.4, -0.2) is 67.5 Å². The molecule has 0 bridgehead atoms. The number of carboxylic acid groups (broad SMARTS) is 1. The number of sulfone groups is 1. The first kappa shape index (κ1) is 16.9. The van der Waals surface area contributed by atoms with E-state index in [1.807, 2.05) is 13.8 Å². The van der Waals surface area contributed by atoms with Gasteiger partial charge in [-0.05, 0) is 5.92 Å². The van der Waals surface area contributed by atoms with E-state index in [1.165, 1.54) is 0 Å². The molecule has 1 unspecified atom stereocenters. The average Bonchev–Trinajstić information content (AvgIpc) is 2.29. The summed E-state index contributed by atoms with van der Waals surface area (Å²) in [4.78, 5) is 24.2. The third-order valence-electron chi connectivity index (χ3n) is 3.12. The molecule has 1 rings (SSSR count). The molecule has 2 N–H and O–H groups in total. The second-order valence-corrected chi connectivity index (χ2v) is 7.76. The summed E-state index contributed by atoms with van der Waals surface area (Å²) in [5, 5.41) is 11.6. The van der Waals surface area contributed by atoms with Gasteiger partial charge >= 0.3 is 5.97 Å². The third kappa shape index (κ3) is 5.87. The first-order chi connectivity index (χ1) is 9.19. The molecule has 0 aromatic rings. The minimum Gasteiger partial charge on any atom is -0.481 e. The maximum Gasteiger partial charge on any atom is 0.304 e. The highest BCUT2D eigenvalue weighted by atomic mass is 32.2. The van der Waals surface area contributed by atoms with Gasteiger partial charge in [-0.15, -0.1) is 0 Å². The van der Waals surface area contributed by atoms with Crippen LogP contribution in [0.15, 0.2) is 0 Å². The molecule has 20 heavy (non-hydrogen) atoms. The van der Waals surface area contributed by atoms with Gasteiger partial charge in [0.15, 0.2) is 9.84 Å². The van der Waals surface area contributed by atoms with Crippen molar-refractivity contribution in [3.63, 3.8) is 0 Å². The molecule has 8 heteroatoms. The monoisotopic (exact) mass is 306 g/mol. The van der Waals surface area contributed by atoms with E-state index in [1.54, 1.807) is 4.90 Å². The second-order valence-electron chi connectivity index (χ2n) is 5.53. The van der Waals surface area contributed by atoms with E-state index in [4.69, 9.17) is 5.11 Å². The highest BCUT2D eigenvalue weighted by molar-refractivity contribution is 7.91. The predicted molar refractivity (Wildman–Crippen MR) is 74.1 cm³/mol. The molecule has 0 radical (unpaired) electrons. The third-order valence-corrected chi connectivity index (χ3v) is 4.81. The molecule has 7 nitrogen and oxygen atoms in total. The lowest BCUT2D eigenvalue weighted by atomic mass is 10.2. The Labute approximate surface area is 119 Å². The Kier molecular flexibility index (Phi) is 5.94. The summed E-state index contributed by atoms with van der Waals surface area (Å²) in [5.41, 5.74) is 0. The fourth-order valence-electron chi connectivity index (χ4n) is 2.08. The molecule has 0 aliphatic carbocycles. The van der Waals surface area contributed by atoms with Gasteiger partial charge in [0.1, 0.15) is 0 Å². The second kappa shape index (κ2) is 7.03. The van der Waals surface area contributed by atoms with E-state index >= 15 is 0 Å². The van der Waals surface area contributed by atoms with Gasteiger partial charge in [0.25, 0.3) is 0 Å². The topological polar surface area (TPSA) is 104 Å². The predicted octanol–water partition coefficient (Wildman–Crippen LogP) is -0.668. The van der Waals surface area contributed by atoms with Crippen molar-refractivity contribution < 1.29 is 23.1 Å². The maximum absolute atomic E-state index is 11.8. The molecule has 0 saturated carbocycles. The molecule has 1 heterocycles. The van der Waals surface area contributed by atoms with Crippen molar-refractivity contribution in [3.05, 3.63) is 0 Å². The first-order valence-electron chi connectivity index (χ1n) is 6.62. The van der Waals surface area contributed by atoms with E-state index < -0.39 is 21.8 Å². The molecule has 1 fully saturated rings. The van der Waals surface area contributed by atoms with Gasteiger partial charge in [-0.3, -0.25) is 14.5 Å². The molecule has 1 aliphatic heterocycles. The molecule has 0 spiro atoms. The largest absolute Gasteiger partial charge is 0.481 e. The Morgan fingerprint density at radius 3 is 2.60 bits per heavy atom. The van der Waals surface area contributed by atoms with Crippen LogP contribution < -0.4 is 5.32 Å². The Balaban J connectivity index is 2.61. The smallest absolute Gasteiger partial charge is 0.304 e. The molecular formula is C12H22N2O5S. The highest BCUT2D eigenvalue weighted by Crippen LogP contribution is 2.14. The Hall–Kier alpha value is -1.15. The van der Waals surface area contributed by atoms with Crippen molar-refractivity contribution in [2.45, 2.75) is 26.3 Å². The molecule has 116 valence electrons. The van der Waals surface area contributed by atoms with Gasteiger partial charge in [0.05, 0.1) is 24.5 Å². The van der Waals surface area contributed by atoms with Crippen molar-refractivity contribution in [3.8, 4) is 0 Å². The molecule has 1 aliphatic rings. The summed E-state index contributed by atoms with van der Waals surface area (Å²) >= 11 is 0. The van der Waals surface area contributed by atoms with Crippen LogP contribution in [0, 0.1) is 5.92 Å². The summed E-state index contributed by atoms with van der Waals surface area (Å²) in [6.07, 6.45) is -0.267. The number of nitrogens with zero attached hydrogens (tertiary/aromatic N) is 1. The van der Waals surface area contributed by atoms with Gasteiger partial charge in [0, 0.05) is 19.1 Å². The fourth-order valence-corrected chi connectivity index (χ4v) is 3.67. The quantitative estimate of drug-likeness (QED) is 0.674. The van der Waals surface area contributed by atoms with Crippen LogP contribution in [0.2, 0.25) is 0 Å². The first-order valence-corrected chi connectivity index (χ1v) is 8.44. The number of aliphatic carboxylic acids is 1. The number of carbonyl (C=O) groups excluding carboxylic acids is 1. The molecule has 1 atom stereocenters. The zero-order chi connectivity index (χ0) is 15.3. The number of amides is 1. The van der Waals surface area contributed by atoms with Crippen LogP contribution in [0.1, 0.15) is 20.3 Å². The fraction of sp³-hybridized carbons (Fsp3) is 0.833. The van der Waals surface area contributed by atoms with Gasteiger partial charge in [0.2, 0.25) is 5.91 Å². The summed E-state index contributed by atoms with van der Waals surface area (Å²) < 4.78 is 23.1. The number of rotatable bonds is 6. The van der Waals surface area contributed by atoms with Crippen LogP contribution in [0.25, 0.3) is 0 Å². The van der Waals surface area contributed by atoms with E-state index in [-0.39, 0.29) is 36.9 Å². The number of hydrogen-bond acceptors (Lipinski definition) is 5. The van der Waals surface area contributed by atoms with Gasteiger partial charge < -0.3 is 10.4 Å². The van der Waals surface area contributed by atoms with Crippen molar-refractivity contribution in [1.29, 1.82) is 0 Å². The highest BCUT2D eigenvalue weighted by Gasteiger charge is 2.33. The molecular weight excluding hydrogens is 284 g/mol. The van der Waals surface area contributed by atoms with Crippen LogP contribution in [0.3, 0.4) is 0 Å². The van der Waals surface area contributed by atoms with Crippen LogP contribution >= 0.6 is 0 Å². The van der Waals surface area contributed by atoms with E-state index in [2.05, 4.69) is 5.32 Å². The number of carbonyl (C=O) groups is 2. The normalized spacial score (nSPS) is 22.6. The summed E-state index contributed by atoms with van der Waals surface area (Å²) in [6, 6.07) is -0.629. The Morgan fingerprint density at radius 2 is 2.05 bits per heavy atom. The summed E-state index contributed by atoms with van der Waals surface area (Å²) in [6.45, 7) is 4.74. The summed E-state index contributed by atoms with van der Waals surface area (Å²) in [5.74, 6) is -1.15. The standard InChI is InChI=1S/C12H22N2O5S/c1-9(2)6-13-11(15)7-14-3-4-20(18,19)8-10(14)5-12(16)17/h9-10H,3-8H2,1-2H3,(H,13,15)(H,16,17). The lowest BCUT2D eigenvalue weighted by Crippen LogP contribution is -2.52. The Morgan fingerprint density at radius 1 is 1.40 bits per heavy atom. The zero-order valence-electron chi connectivity index (χ0n) is 11.8. The SMILES string of the molecule is CC(C)CNC(=O)CN1CCS(=O)(=O)CC1CC(=O)O. The number of hydrogen-bond donors (Lipinski definition) is 2. The number of carboxylic acids is 1. The number of nitrogens with one attached hydrogen (secondary N) is 1. The van der Waals surface area contributed by atoms with Crippen LogP contribution in [0.5, 0.6) is 0 Å². The maximum atomic E-state index is 11.8. The zero-order valence-corrected chi connectivity index (χ0v) is 12.6. The van der Waals surface area contributed by atoms with Gasteiger partial charge in [-0.25, -0.2) is 8.42 Å². The van der Waals surface area contributed by atoms with Crippen molar-refractivity contribution in [2.24, 2.45) is 5.92 Å². The average molecular weight is 306 g/mol. The summed E-state index contributed by atoms with van der Waals surface area (Å²) in [7, 11) is -3.21. The molecule has 0 aromatic carbocycles. The van der Waals surface area contributed by atoms with Crippen molar-refractivity contribution in [2.75, 3.05) is 31.1 Å². The van der Waals surface area contributed by atoms with Gasteiger partial charge in [-0.1, -0.05) is 13.8 Å². The molecule has 1 saturated heterocycles. The molecule has 0 aromatic heterocycles. The van der Waals surface area contributed by atoms with Crippen molar-refractivity contribution in [1.82, 2.24) is 10.2 Å². The van der Waals surface area contributed by atoms with Crippen LogP contribution in [-0.2, 0) is 19.4 Å². The lowest BCUT2D eigenvalue weighted by Gasteiger charge is -2.34. The van der Waals surface area contributed by atoms with E-state index in [9.17, 15) is 18.0 Å². The lowest BCUT2D eigenvalue weighted by molar-refractivity contribution is -0.138. The van der Waals surface area contributed by atoms with E-state index in [0.717, 1.165) is 0 Å². The minimum absolute atomic E-state index is 0.0272. The molecule has 1 amide bonds. The van der Waals surface area contributed by atoms with Crippen molar-refractivity contribution >= 4 is 21.7 Å². The van der Waals surface area contributed by atoms with Crippen LogP contribution in [0.4, 0.5) is 0 Å². The Bertz CT molecular complexity index is 460. The minimum atomic E-state index is -3.21. The van der Waals surface area contributed by atoms with E-state index in [0.29, 0.717) is 12.5 Å².